The fraction of sp³-hybridized carbons (Fsp3) is 0.750. The number of hydrogen-bond acceptors (Lipinski definition) is 5. The summed E-state index contributed by atoms with van der Waals surface area (Å²) in [6.07, 6.45) is 2.86. The van der Waals surface area contributed by atoms with Gasteiger partial charge in [-0.25, -0.2) is 9.97 Å². The second kappa shape index (κ2) is 6.48. The Morgan fingerprint density at radius 3 is 2.08 bits per heavy atom. The molecule has 5 nitrogen and oxygen atoms in total. The average molecular weight is 343 g/mol. The third-order valence-electron chi connectivity index (χ3n) is 5.38. The minimum absolute atomic E-state index is 0.0906. The van der Waals surface area contributed by atoms with Crippen molar-refractivity contribution in [2.24, 2.45) is 17.4 Å². The minimum atomic E-state index is -4.11. The number of halogens is 3. The van der Waals surface area contributed by atoms with E-state index in [9.17, 15) is 13.2 Å². The molecule has 0 spiro atoms. The van der Waals surface area contributed by atoms with Crippen LogP contribution in [0.3, 0.4) is 0 Å². The van der Waals surface area contributed by atoms with Crippen LogP contribution in [0.4, 0.5) is 19.1 Å². The van der Waals surface area contributed by atoms with Crippen LogP contribution >= 0.6 is 0 Å². The molecule has 1 aromatic heterocycles. The summed E-state index contributed by atoms with van der Waals surface area (Å²) in [6, 6.07) is 0.205. The van der Waals surface area contributed by atoms with Gasteiger partial charge in [0.25, 0.3) is 0 Å². The second-order valence-corrected chi connectivity index (χ2v) is 7.07. The Hall–Kier alpha value is -1.41. The molecule has 1 aromatic rings. The van der Waals surface area contributed by atoms with Crippen molar-refractivity contribution in [3.8, 4) is 0 Å². The summed E-state index contributed by atoms with van der Waals surface area (Å²) in [5, 5.41) is 0. The van der Waals surface area contributed by atoms with Crippen molar-refractivity contribution in [3.63, 3.8) is 0 Å². The van der Waals surface area contributed by atoms with Crippen LogP contribution in [0.15, 0.2) is 12.4 Å². The van der Waals surface area contributed by atoms with Crippen LogP contribution in [0.2, 0.25) is 0 Å². The molecule has 8 heteroatoms. The van der Waals surface area contributed by atoms with E-state index in [2.05, 4.69) is 9.97 Å². The van der Waals surface area contributed by atoms with E-state index in [1.54, 1.807) is 12.4 Å². The number of aromatic nitrogens is 2. The fourth-order valence-corrected chi connectivity index (χ4v) is 3.59. The van der Waals surface area contributed by atoms with Crippen molar-refractivity contribution < 1.29 is 13.2 Å². The topological polar surface area (TPSA) is 81.1 Å². The van der Waals surface area contributed by atoms with Gasteiger partial charge in [-0.15, -0.1) is 0 Å². The molecule has 2 fully saturated rings. The summed E-state index contributed by atoms with van der Waals surface area (Å²) >= 11 is 0. The zero-order valence-corrected chi connectivity index (χ0v) is 13.6. The average Bonchev–Trinajstić information content (AvgIpc) is 2.57. The summed E-state index contributed by atoms with van der Waals surface area (Å²) in [5.41, 5.74) is 12.8. The van der Waals surface area contributed by atoms with E-state index in [1.807, 2.05) is 4.90 Å². The SMILES string of the molecule is NC1CCC(N)(c2cnc(N3CCC(C(F)(F)F)CC3)nc2)CC1. The van der Waals surface area contributed by atoms with E-state index in [1.165, 1.54) is 0 Å². The second-order valence-electron chi connectivity index (χ2n) is 7.07. The molecule has 1 aliphatic heterocycles. The molecule has 2 heterocycles. The van der Waals surface area contributed by atoms with E-state index in [4.69, 9.17) is 11.5 Å². The van der Waals surface area contributed by atoms with Gasteiger partial charge in [0.05, 0.1) is 5.92 Å². The van der Waals surface area contributed by atoms with Crippen molar-refractivity contribution in [3.05, 3.63) is 18.0 Å². The lowest BCUT2D eigenvalue weighted by molar-refractivity contribution is -0.179. The molecule has 134 valence electrons. The minimum Gasteiger partial charge on any atom is -0.341 e. The lowest BCUT2D eigenvalue weighted by Gasteiger charge is -2.36. The van der Waals surface area contributed by atoms with Gasteiger partial charge < -0.3 is 16.4 Å². The molecule has 4 N–H and O–H groups in total. The summed E-state index contributed by atoms with van der Waals surface area (Å²) in [7, 11) is 0. The van der Waals surface area contributed by atoms with Crippen LogP contribution in [0, 0.1) is 5.92 Å². The summed E-state index contributed by atoms with van der Waals surface area (Å²) in [5.74, 6) is -0.734. The van der Waals surface area contributed by atoms with Gasteiger partial charge in [-0.3, -0.25) is 0 Å². The van der Waals surface area contributed by atoms with Gasteiger partial charge in [0.2, 0.25) is 5.95 Å². The number of hydrogen-bond donors (Lipinski definition) is 2. The smallest absolute Gasteiger partial charge is 0.341 e. The zero-order chi connectivity index (χ0) is 17.4. The van der Waals surface area contributed by atoms with Crippen LogP contribution in [0.5, 0.6) is 0 Å². The van der Waals surface area contributed by atoms with Crippen LogP contribution in [0.1, 0.15) is 44.1 Å². The number of rotatable bonds is 2. The van der Waals surface area contributed by atoms with Crippen LogP contribution in [0.25, 0.3) is 0 Å². The molecular formula is C16H24F3N5. The number of nitrogens with two attached hydrogens (primary N) is 2. The number of piperidine rings is 1. The maximum absolute atomic E-state index is 12.7. The number of alkyl halides is 3. The van der Waals surface area contributed by atoms with E-state index in [0.717, 1.165) is 31.2 Å². The molecule has 3 rings (SSSR count). The van der Waals surface area contributed by atoms with E-state index >= 15 is 0 Å². The van der Waals surface area contributed by atoms with Gasteiger partial charge in [-0.05, 0) is 38.5 Å². The molecule has 0 bridgehead atoms. The van der Waals surface area contributed by atoms with E-state index < -0.39 is 17.6 Å². The van der Waals surface area contributed by atoms with Gasteiger partial charge in [0.15, 0.2) is 0 Å². The quantitative estimate of drug-likeness (QED) is 0.861. The van der Waals surface area contributed by atoms with Gasteiger partial charge in [0, 0.05) is 42.6 Å². The molecule has 2 aliphatic rings. The molecule has 1 saturated heterocycles. The molecule has 0 aromatic carbocycles. The van der Waals surface area contributed by atoms with Gasteiger partial charge in [-0.1, -0.05) is 0 Å². The fourth-order valence-electron chi connectivity index (χ4n) is 3.59. The summed E-state index contributed by atoms with van der Waals surface area (Å²) in [6.45, 7) is 0.651. The van der Waals surface area contributed by atoms with Crippen molar-refractivity contribution in [2.75, 3.05) is 18.0 Å². The zero-order valence-electron chi connectivity index (χ0n) is 13.6. The predicted molar refractivity (Wildman–Crippen MR) is 85.3 cm³/mol. The maximum atomic E-state index is 12.7. The third kappa shape index (κ3) is 3.64. The maximum Gasteiger partial charge on any atom is 0.391 e. The first-order chi connectivity index (χ1) is 11.3. The van der Waals surface area contributed by atoms with Crippen molar-refractivity contribution in [1.82, 2.24) is 9.97 Å². The highest BCUT2D eigenvalue weighted by atomic mass is 19.4. The summed E-state index contributed by atoms with van der Waals surface area (Å²) < 4.78 is 38.2. The van der Waals surface area contributed by atoms with Crippen LogP contribution < -0.4 is 16.4 Å². The first-order valence-corrected chi connectivity index (χ1v) is 8.46. The van der Waals surface area contributed by atoms with Crippen molar-refractivity contribution in [1.29, 1.82) is 0 Å². The van der Waals surface area contributed by atoms with Gasteiger partial charge in [-0.2, -0.15) is 13.2 Å². The normalized spacial score (nSPS) is 29.7. The molecule has 1 aliphatic carbocycles. The summed E-state index contributed by atoms with van der Waals surface area (Å²) in [4.78, 5) is 10.5. The Balaban J connectivity index is 1.63. The Labute approximate surface area is 139 Å². The molecule has 0 atom stereocenters. The molecule has 0 unspecified atom stereocenters. The molecule has 0 radical (unpaired) electrons. The van der Waals surface area contributed by atoms with Crippen LogP contribution in [-0.2, 0) is 5.54 Å². The first kappa shape index (κ1) is 17.4. The third-order valence-corrected chi connectivity index (χ3v) is 5.38. The van der Waals surface area contributed by atoms with E-state index in [0.29, 0.717) is 19.0 Å². The van der Waals surface area contributed by atoms with Gasteiger partial charge in [0.1, 0.15) is 0 Å². The Bertz CT molecular complexity index is 544. The number of anilines is 1. The molecule has 24 heavy (non-hydrogen) atoms. The van der Waals surface area contributed by atoms with E-state index in [-0.39, 0.29) is 18.9 Å². The van der Waals surface area contributed by atoms with Crippen LogP contribution in [-0.4, -0.2) is 35.3 Å². The molecule has 1 saturated carbocycles. The Morgan fingerprint density at radius 1 is 1.04 bits per heavy atom. The lowest BCUT2D eigenvalue weighted by atomic mass is 9.77. The standard InChI is InChI=1S/C16H24F3N5/c17-16(18,19)11-3-7-24(8-4-11)14-22-9-12(10-23-14)15(21)5-1-13(20)2-6-15/h9-11,13H,1-8,20-21H2. The highest BCUT2D eigenvalue weighted by Crippen LogP contribution is 2.36. The van der Waals surface area contributed by atoms with Crippen molar-refractivity contribution in [2.45, 2.75) is 56.3 Å². The highest BCUT2D eigenvalue weighted by molar-refractivity contribution is 5.32. The van der Waals surface area contributed by atoms with Crippen molar-refractivity contribution >= 4 is 5.95 Å². The Morgan fingerprint density at radius 2 is 1.58 bits per heavy atom. The largest absolute Gasteiger partial charge is 0.391 e. The first-order valence-electron chi connectivity index (χ1n) is 8.46. The number of nitrogens with zero attached hydrogens (tertiary/aromatic N) is 3. The molecule has 0 amide bonds. The Kier molecular flexibility index (Phi) is 4.70. The lowest BCUT2D eigenvalue weighted by Crippen LogP contribution is -2.44. The predicted octanol–water partition coefficient (Wildman–Crippen LogP) is 2.31. The monoisotopic (exact) mass is 343 g/mol. The van der Waals surface area contributed by atoms with Gasteiger partial charge >= 0.3 is 6.18 Å². The highest BCUT2D eigenvalue weighted by Gasteiger charge is 2.41. The molecular weight excluding hydrogens is 319 g/mol.